The van der Waals surface area contributed by atoms with E-state index in [9.17, 15) is 0 Å². The Morgan fingerprint density at radius 3 is 3.00 bits per heavy atom. The number of hydrogen-bond donors (Lipinski definition) is 2. The zero-order valence-corrected chi connectivity index (χ0v) is 10.6. The zero-order valence-electron chi connectivity index (χ0n) is 9.74. The maximum Gasteiger partial charge on any atom is 0.215 e. The first-order chi connectivity index (χ1) is 8.79. The van der Waals surface area contributed by atoms with Crippen molar-refractivity contribution < 1.29 is 0 Å². The van der Waals surface area contributed by atoms with Crippen LogP contribution in [0.3, 0.4) is 0 Å². The largest absolute Gasteiger partial charge is 0.308 e. The van der Waals surface area contributed by atoms with E-state index in [1.165, 1.54) is 18.1 Å². The second kappa shape index (κ2) is 4.50. The molecule has 0 spiro atoms. The van der Waals surface area contributed by atoms with Crippen molar-refractivity contribution >= 4 is 17.6 Å². The van der Waals surface area contributed by atoms with Gasteiger partial charge in [-0.05, 0) is 42.0 Å². The first-order valence-corrected chi connectivity index (χ1v) is 6.35. The molecule has 9 heteroatoms. The second-order valence-corrected chi connectivity index (χ2v) is 4.99. The number of nitrogen functional groups attached to an aromatic ring is 1. The number of nitrogens with zero attached hydrogens (tertiary/aromatic N) is 6. The van der Waals surface area contributed by atoms with Crippen molar-refractivity contribution in [2.75, 3.05) is 5.43 Å². The summed E-state index contributed by atoms with van der Waals surface area (Å²) >= 11 is 1.43. The molecule has 1 aliphatic rings. The van der Waals surface area contributed by atoms with E-state index in [0.29, 0.717) is 11.9 Å². The number of rotatable bonds is 4. The predicted octanol–water partition coefficient (Wildman–Crippen LogP) is 0.543. The minimum absolute atomic E-state index is 0.441. The van der Waals surface area contributed by atoms with Crippen LogP contribution in [-0.2, 0) is 0 Å². The molecule has 0 radical (unpaired) electrons. The summed E-state index contributed by atoms with van der Waals surface area (Å²) in [5.41, 5.74) is 3.43. The fourth-order valence-corrected chi connectivity index (χ4v) is 2.45. The van der Waals surface area contributed by atoms with E-state index in [1.54, 1.807) is 0 Å². The smallest absolute Gasteiger partial charge is 0.215 e. The van der Waals surface area contributed by atoms with Gasteiger partial charge in [0.1, 0.15) is 17.2 Å². The summed E-state index contributed by atoms with van der Waals surface area (Å²) in [6, 6.07) is 0.441. The Kier molecular flexibility index (Phi) is 2.84. The minimum atomic E-state index is 0.441. The Labute approximate surface area is 107 Å². The average Bonchev–Trinajstić information content (AvgIpc) is 3.13. The van der Waals surface area contributed by atoms with Crippen molar-refractivity contribution in [3.05, 3.63) is 11.9 Å². The Morgan fingerprint density at radius 1 is 1.44 bits per heavy atom. The molecule has 0 atom stereocenters. The van der Waals surface area contributed by atoms with Crippen LogP contribution in [0.5, 0.6) is 0 Å². The van der Waals surface area contributed by atoms with Gasteiger partial charge in [0, 0.05) is 5.56 Å². The molecule has 94 valence electrons. The molecule has 3 N–H and O–H groups in total. The van der Waals surface area contributed by atoms with Crippen LogP contribution in [0.4, 0.5) is 5.82 Å². The van der Waals surface area contributed by atoms with Crippen LogP contribution in [0.15, 0.2) is 16.5 Å². The van der Waals surface area contributed by atoms with E-state index < -0.39 is 0 Å². The van der Waals surface area contributed by atoms with Crippen molar-refractivity contribution in [2.24, 2.45) is 5.84 Å². The third-order valence-corrected chi connectivity index (χ3v) is 3.77. The highest BCUT2D eigenvalue weighted by Crippen LogP contribution is 2.38. The maximum absolute atomic E-state index is 5.39. The van der Waals surface area contributed by atoms with Gasteiger partial charge in [-0.3, -0.25) is 0 Å². The molecule has 1 aliphatic carbocycles. The molecule has 2 aromatic rings. The predicted molar refractivity (Wildman–Crippen MR) is 64.8 cm³/mol. The summed E-state index contributed by atoms with van der Waals surface area (Å²) in [4.78, 5) is 8.27. The van der Waals surface area contributed by atoms with Crippen molar-refractivity contribution in [1.82, 2.24) is 30.2 Å². The van der Waals surface area contributed by atoms with Crippen molar-refractivity contribution in [1.29, 1.82) is 0 Å². The number of hydrazine groups is 1. The Bertz CT molecular complexity index is 563. The number of tetrazole rings is 1. The summed E-state index contributed by atoms with van der Waals surface area (Å²) in [5, 5.41) is 13.3. The standard InChI is InChI=1S/C9H12N8S/c1-5-7(13-10)11-4-12-8(5)18-9-14-15-16-17(9)6-2-3-6/h4,6H,2-3,10H2,1H3,(H,11,12,13). The second-order valence-electron chi connectivity index (χ2n) is 4.04. The van der Waals surface area contributed by atoms with Gasteiger partial charge in [0.2, 0.25) is 5.16 Å². The lowest BCUT2D eigenvalue weighted by atomic mass is 10.3. The molecule has 3 rings (SSSR count). The Hall–Kier alpha value is -1.74. The van der Waals surface area contributed by atoms with E-state index in [2.05, 4.69) is 30.9 Å². The van der Waals surface area contributed by atoms with E-state index in [-0.39, 0.29) is 0 Å². The number of hydrogen-bond acceptors (Lipinski definition) is 8. The topological polar surface area (TPSA) is 107 Å². The summed E-state index contributed by atoms with van der Waals surface area (Å²) in [5.74, 6) is 6.00. The van der Waals surface area contributed by atoms with Gasteiger partial charge in [0.15, 0.2) is 0 Å². The van der Waals surface area contributed by atoms with Crippen molar-refractivity contribution in [3.63, 3.8) is 0 Å². The average molecular weight is 264 g/mol. The number of anilines is 1. The molecule has 0 saturated heterocycles. The zero-order chi connectivity index (χ0) is 12.5. The van der Waals surface area contributed by atoms with Crippen LogP contribution in [0, 0.1) is 6.92 Å². The van der Waals surface area contributed by atoms with Crippen molar-refractivity contribution in [2.45, 2.75) is 36.0 Å². The fourth-order valence-electron chi connectivity index (χ4n) is 1.57. The van der Waals surface area contributed by atoms with E-state index in [1.807, 2.05) is 11.6 Å². The maximum atomic E-state index is 5.39. The molecule has 0 aromatic carbocycles. The Balaban J connectivity index is 1.89. The van der Waals surface area contributed by atoms with Crippen LogP contribution in [0.1, 0.15) is 24.4 Å². The molecular formula is C9H12N8S. The number of nitrogens with one attached hydrogen (secondary N) is 1. The van der Waals surface area contributed by atoms with Crippen LogP contribution < -0.4 is 11.3 Å². The van der Waals surface area contributed by atoms with Gasteiger partial charge >= 0.3 is 0 Å². The summed E-state index contributed by atoms with van der Waals surface area (Å²) < 4.78 is 1.85. The molecule has 0 unspecified atom stereocenters. The third-order valence-electron chi connectivity index (χ3n) is 2.72. The molecule has 0 aliphatic heterocycles. The molecule has 1 saturated carbocycles. The van der Waals surface area contributed by atoms with Gasteiger partial charge in [-0.1, -0.05) is 0 Å². The van der Waals surface area contributed by atoms with Gasteiger partial charge in [-0.2, -0.15) is 0 Å². The lowest BCUT2D eigenvalue weighted by molar-refractivity contribution is 0.565. The quantitative estimate of drug-likeness (QED) is 0.468. The minimum Gasteiger partial charge on any atom is -0.308 e. The molecular weight excluding hydrogens is 252 g/mol. The van der Waals surface area contributed by atoms with Crippen molar-refractivity contribution in [3.8, 4) is 0 Å². The van der Waals surface area contributed by atoms with E-state index in [4.69, 9.17) is 5.84 Å². The first kappa shape index (κ1) is 11.4. The Morgan fingerprint density at radius 2 is 2.28 bits per heavy atom. The van der Waals surface area contributed by atoms with Gasteiger partial charge in [-0.25, -0.2) is 20.5 Å². The first-order valence-electron chi connectivity index (χ1n) is 5.53. The van der Waals surface area contributed by atoms with Gasteiger partial charge < -0.3 is 5.43 Å². The van der Waals surface area contributed by atoms with Gasteiger partial charge in [0.05, 0.1) is 6.04 Å². The third kappa shape index (κ3) is 2.02. The summed E-state index contributed by atoms with van der Waals surface area (Å²) in [6.07, 6.45) is 3.74. The summed E-state index contributed by atoms with van der Waals surface area (Å²) in [6.45, 7) is 1.91. The fraction of sp³-hybridized carbons (Fsp3) is 0.444. The lowest BCUT2D eigenvalue weighted by Crippen LogP contribution is -2.11. The van der Waals surface area contributed by atoms with E-state index in [0.717, 1.165) is 28.6 Å². The lowest BCUT2D eigenvalue weighted by Gasteiger charge is -2.07. The molecule has 2 aromatic heterocycles. The molecule has 0 amide bonds. The van der Waals surface area contributed by atoms with Crippen LogP contribution in [0.25, 0.3) is 0 Å². The number of aromatic nitrogens is 6. The molecule has 18 heavy (non-hydrogen) atoms. The highest BCUT2D eigenvalue weighted by atomic mass is 32.2. The van der Waals surface area contributed by atoms with E-state index >= 15 is 0 Å². The van der Waals surface area contributed by atoms with Crippen LogP contribution in [-0.4, -0.2) is 30.2 Å². The highest BCUT2D eigenvalue weighted by molar-refractivity contribution is 7.99. The SMILES string of the molecule is Cc1c(NN)ncnc1Sc1nnnn1C1CC1. The summed E-state index contributed by atoms with van der Waals surface area (Å²) in [7, 11) is 0. The number of nitrogens with two attached hydrogens (primary N) is 1. The molecule has 1 fully saturated rings. The van der Waals surface area contributed by atoms with Gasteiger partial charge in [-0.15, -0.1) is 5.10 Å². The monoisotopic (exact) mass is 264 g/mol. The molecule has 8 nitrogen and oxygen atoms in total. The van der Waals surface area contributed by atoms with Gasteiger partial charge in [0.25, 0.3) is 0 Å². The van der Waals surface area contributed by atoms with Crippen LogP contribution in [0.2, 0.25) is 0 Å². The molecule has 2 heterocycles. The van der Waals surface area contributed by atoms with Crippen LogP contribution >= 0.6 is 11.8 Å². The highest BCUT2D eigenvalue weighted by Gasteiger charge is 2.28. The molecule has 0 bridgehead atoms. The normalized spacial score (nSPS) is 14.8.